The largest absolute Gasteiger partial charge is 0.497 e. The van der Waals surface area contributed by atoms with Crippen LogP contribution in [0.1, 0.15) is 23.2 Å². The van der Waals surface area contributed by atoms with Crippen LogP contribution in [0.5, 0.6) is 17.2 Å². The number of fused-ring (bicyclic) bond motifs is 1. The smallest absolute Gasteiger partial charge is 0.259 e. The zero-order valence-corrected chi connectivity index (χ0v) is 15.0. The summed E-state index contributed by atoms with van der Waals surface area (Å²) in [5, 5.41) is 0. The number of methoxy groups -OCH3 is 1. The second kappa shape index (κ2) is 7.19. The van der Waals surface area contributed by atoms with Crippen molar-refractivity contribution in [3.8, 4) is 17.2 Å². The second-order valence-electron chi connectivity index (χ2n) is 6.40. The molecule has 2 aromatic rings. The number of rotatable bonds is 5. The van der Waals surface area contributed by atoms with Crippen molar-refractivity contribution in [3.63, 3.8) is 0 Å². The molecule has 0 unspecified atom stereocenters. The molecule has 2 amide bonds. The first-order chi connectivity index (χ1) is 13.2. The number of hydrogen-bond donors (Lipinski definition) is 0. The van der Waals surface area contributed by atoms with E-state index in [4.69, 9.17) is 14.2 Å². The van der Waals surface area contributed by atoms with Gasteiger partial charge < -0.3 is 19.1 Å². The van der Waals surface area contributed by atoms with Crippen LogP contribution in [-0.4, -0.2) is 43.8 Å². The molecule has 0 N–H and O–H groups in total. The Balaban J connectivity index is 1.65. The molecular formula is C20H20N2O5. The molecular weight excluding hydrogens is 348 g/mol. The van der Waals surface area contributed by atoms with Crippen LogP contribution in [0.3, 0.4) is 0 Å². The van der Waals surface area contributed by atoms with E-state index in [9.17, 15) is 9.59 Å². The maximum atomic E-state index is 13.3. The molecule has 7 nitrogen and oxygen atoms in total. The molecule has 140 valence electrons. The summed E-state index contributed by atoms with van der Waals surface area (Å²) in [7, 11) is 1.59. The standard InChI is InChI=1S/C20H20N2O5/c1-25-16-7-5-15(6-8-16)22(12-21-10-2-3-19(21)23)20(24)14-4-9-17-18(11-14)27-13-26-17/h4-9,11H,2-3,10,12-13H2,1H3. The van der Waals surface area contributed by atoms with Gasteiger partial charge in [-0.15, -0.1) is 0 Å². The van der Waals surface area contributed by atoms with Gasteiger partial charge in [0, 0.05) is 24.2 Å². The predicted octanol–water partition coefficient (Wildman–Crippen LogP) is 2.65. The number of benzene rings is 2. The average Bonchev–Trinajstić information content (AvgIpc) is 3.33. The monoisotopic (exact) mass is 368 g/mol. The Bertz CT molecular complexity index is 865. The highest BCUT2D eigenvalue weighted by molar-refractivity contribution is 6.06. The summed E-state index contributed by atoms with van der Waals surface area (Å²) in [5.74, 6) is 1.72. The number of carbonyl (C=O) groups excluding carboxylic acids is 2. The Morgan fingerprint density at radius 1 is 1.15 bits per heavy atom. The molecule has 2 aromatic carbocycles. The molecule has 27 heavy (non-hydrogen) atoms. The number of hydrogen-bond acceptors (Lipinski definition) is 5. The van der Waals surface area contributed by atoms with Gasteiger partial charge in [-0.1, -0.05) is 0 Å². The Hall–Kier alpha value is -3.22. The minimum atomic E-state index is -0.210. The molecule has 2 aliphatic rings. The molecule has 0 aromatic heterocycles. The van der Waals surface area contributed by atoms with Gasteiger partial charge in [0.25, 0.3) is 5.91 Å². The Morgan fingerprint density at radius 2 is 1.93 bits per heavy atom. The molecule has 2 heterocycles. The average molecular weight is 368 g/mol. The van der Waals surface area contributed by atoms with Crippen molar-refractivity contribution in [2.75, 3.05) is 32.0 Å². The van der Waals surface area contributed by atoms with Crippen LogP contribution in [0.4, 0.5) is 5.69 Å². The fraction of sp³-hybridized carbons (Fsp3) is 0.300. The molecule has 7 heteroatoms. The third-order valence-corrected chi connectivity index (χ3v) is 4.73. The topological polar surface area (TPSA) is 68.3 Å². The number of ether oxygens (including phenoxy) is 3. The predicted molar refractivity (Wildman–Crippen MR) is 98.2 cm³/mol. The fourth-order valence-electron chi connectivity index (χ4n) is 3.23. The van der Waals surface area contributed by atoms with Crippen LogP contribution in [0.25, 0.3) is 0 Å². The summed E-state index contributed by atoms with van der Waals surface area (Å²) >= 11 is 0. The molecule has 0 bridgehead atoms. The van der Waals surface area contributed by atoms with Crippen molar-refractivity contribution in [1.29, 1.82) is 0 Å². The van der Waals surface area contributed by atoms with Gasteiger partial charge in [0.05, 0.1) is 7.11 Å². The molecule has 1 fully saturated rings. The molecule has 2 aliphatic heterocycles. The van der Waals surface area contributed by atoms with Crippen LogP contribution >= 0.6 is 0 Å². The van der Waals surface area contributed by atoms with E-state index in [1.54, 1.807) is 47.2 Å². The quantitative estimate of drug-likeness (QED) is 0.812. The van der Waals surface area contributed by atoms with E-state index < -0.39 is 0 Å². The van der Waals surface area contributed by atoms with Crippen molar-refractivity contribution < 1.29 is 23.8 Å². The van der Waals surface area contributed by atoms with Crippen LogP contribution in [0, 0.1) is 0 Å². The number of nitrogens with zero attached hydrogens (tertiary/aromatic N) is 2. The van der Waals surface area contributed by atoms with Crippen molar-refractivity contribution in [3.05, 3.63) is 48.0 Å². The molecule has 0 atom stereocenters. The van der Waals surface area contributed by atoms with Crippen molar-refractivity contribution in [1.82, 2.24) is 4.90 Å². The van der Waals surface area contributed by atoms with E-state index in [-0.39, 0.29) is 25.3 Å². The third kappa shape index (κ3) is 3.40. The van der Waals surface area contributed by atoms with Gasteiger partial charge in [-0.3, -0.25) is 14.5 Å². The molecule has 0 spiro atoms. The van der Waals surface area contributed by atoms with Crippen molar-refractivity contribution >= 4 is 17.5 Å². The normalized spacial score (nSPS) is 15.1. The number of likely N-dealkylation sites (tertiary alicyclic amines) is 1. The van der Waals surface area contributed by atoms with Crippen LogP contribution < -0.4 is 19.1 Å². The molecule has 4 rings (SSSR count). The van der Waals surface area contributed by atoms with E-state index in [0.29, 0.717) is 41.5 Å². The molecule has 0 aliphatic carbocycles. The first kappa shape index (κ1) is 17.2. The Kier molecular flexibility index (Phi) is 4.58. The lowest BCUT2D eigenvalue weighted by molar-refractivity contribution is -0.127. The minimum absolute atomic E-state index is 0.0620. The zero-order chi connectivity index (χ0) is 18.8. The summed E-state index contributed by atoms with van der Waals surface area (Å²) in [4.78, 5) is 28.6. The van der Waals surface area contributed by atoms with Crippen LogP contribution in [0.2, 0.25) is 0 Å². The highest BCUT2D eigenvalue weighted by Gasteiger charge is 2.27. The zero-order valence-electron chi connectivity index (χ0n) is 15.0. The van der Waals surface area contributed by atoms with Gasteiger partial charge in [0.1, 0.15) is 12.4 Å². The molecule has 0 saturated carbocycles. The lowest BCUT2D eigenvalue weighted by Gasteiger charge is -2.28. The van der Waals surface area contributed by atoms with E-state index in [1.807, 2.05) is 12.1 Å². The van der Waals surface area contributed by atoms with Gasteiger partial charge in [-0.25, -0.2) is 0 Å². The summed E-state index contributed by atoms with van der Waals surface area (Å²) in [6.07, 6.45) is 1.34. The van der Waals surface area contributed by atoms with E-state index in [0.717, 1.165) is 6.42 Å². The molecule has 1 saturated heterocycles. The maximum absolute atomic E-state index is 13.3. The highest BCUT2D eigenvalue weighted by Crippen LogP contribution is 2.33. The summed E-state index contributed by atoms with van der Waals surface area (Å²) in [6, 6.07) is 12.3. The van der Waals surface area contributed by atoms with Crippen molar-refractivity contribution in [2.45, 2.75) is 12.8 Å². The summed E-state index contributed by atoms with van der Waals surface area (Å²) < 4.78 is 15.9. The van der Waals surface area contributed by atoms with E-state index in [1.165, 1.54) is 0 Å². The van der Waals surface area contributed by atoms with Gasteiger partial charge in [-0.2, -0.15) is 0 Å². The number of amides is 2. The lowest BCUT2D eigenvalue weighted by atomic mass is 10.1. The van der Waals surface area contributed by atoms with E-state index in [2.05, 4.69) is 0 Å². The van der Waals surface area contributed by atoms with Gasteiger partial charge in [0.15, 0.2) is 11.5 Å². The van der Waals surface area contributed by atoms with Gasteiger partial charge in [-0.05, 0) is 48.9 Å². The molecule has 0 radical (unpaired) electrons. The number of anilines is 1. The maximum Gasteiger partial charge on any atom is 0.259 e. The first-order valence-corrected chi connectivity index (χ1v) is 8.79. The highest BCUT2D eigenvalue weighted by atomic mass is 16.7. The fourth-order valence-corrected chi connectivity index (χ4v) is 3.23. The van der Waals surface area contributed by atoms with Gasteiger partial charge in [0.2, 0.25) is 12.7 Å². The number of carbonyl (C=O) groups is 2. The van der Waals surface area contributed by atoms with Crippen molar-refractivity contribution in [2.24, 2.45) is 0 Å². The lowest BCUT2D eigenvalue weighted by Crippen LogP contribution is -2.42. The Labute approximate surface area is 157 Å². The van der Waals surface area contributed by atoms with Gasteiger partial charge >= 0.3 is 0 Å². The van der Waals surface area contributed by atoms with E-state index >= 15 is 0 Å². The third-order valence-electron chi connectivity index (χ3n) is 4.73. The SMILES string of the molecule is COc1ccc(N(CN2CCCC2=O)C(=O)c2ccc3c(c2)OCO3)cc1. The second-order valence-corrected chi connectivity index (χ2v) is 6.40. The minimum Gasteiger partial charge on any atom is -0.497 e. The summed E-state index contributed by atoms with van der Waals surface area (Å²) in [5.41, 5.74) is 1.17. The first-order valence-electron chi connectivity index (χ1n) is 8.79. The summed E-state index contributed by atoms with van der Waals surface area (Å²) in [6.45, 7) is 1.01. The van der Waals surface area contributed by atoms with Crippen LogP contribution in [-0.2, 0) is 4.79 Å². The Morgan fingerprint density at radius 3 is 2.63 bits per heavy atom. The van der Waals surface area contributed by atoms with Crippen LogP contribution in [0.15, 0.2) is 42.5 Å².